The monoisotopic (exact) mass is 334 g/mol. The van der Waals surface area contributed by atoms with Crippen molar-refractivity contribution in [3.63, 3.8) is 0 Å². The molecule has 0 radical (unpaired) electrons. The Labute approximate surface area is 137 Å². The molecule has 0 aliphatic carbocycles. The van der Waals surface area contributed by atoms with Gasteiger partial charge in [0, 0.05) is 12.1 Å². The Hall–Kier alpha value is -2.35. The average molecular weight is 334 g/mol. The molecule has 7 nitrogen and oxygen atoms in total. The van der Waals surface area contributed by atoms with Crippen molar-refractivity contribution in [1.82, 2.24) is 20.1 Å². The van der Waals surface area contributed by atoms with Crippen molar-refractivity contribution in [3.05, 3.63) is 46.4 Å². The standard InChI is InChI=1S/C15H18N4O3S/c1-2-3-9-19-14(22)17-18-15(19)23-10-12(20)16-13(21)11-7-5-4-6-8-11/h4-8H,2-3,9-10H2,1H3,(H,17,22)(H,16,20,21). The highest BCUT2D eigenvalue weighted by Gasteiger charge is 2.13. The predicted molar refractivity (Wildman–Crippen MR) is 87.4 cm³/mol. The van der Waals surface area contributed by atoms with Crippen molar-refractivity contribution >= 4 is 23.6 Å². The highest BCUT2D eigenvalue weighted by atomic mass is 32.2. The minimum absolute atomic E-state index is 0.00892. The van der Waals surface area contributed by atoms with Crippen LogP contribution in [0.25, 0.3) is 0 Å². The van der Waals surface area contributed by atoms with Crippen molar-refractivity contribution in [1.29, 1.82) is 0 Å². The smallest absolute Gasteiger partial charge is 0.292 e. The molecule has 0 unspecified atom stereocenters. The molecule has 2 aromatic rings. The molecule has 0 atom stereocenters. The molecule has 0 spiro atoms. The quantitative estimate of drug-likeness (QED) is 0.747. The van der Waals surface area contributed by atoms with Crippen LogP contribution in [0.4, 0.5) is 0 Å². The van der Waals surface area contributed by atoms with Gasteiger partial charge in [-0.2, -0.15) is 0 Å². The van der Waals surface area contributed by atoms with Gasteiger partial charge in [-0.15, -0.1) is 5.10 Å². The van der Waals surface area contributed by atoms with Crippen LogP contribution in [0.15, 0.2) is 40.3 Å². The third kappa shape index (κ3) is 4.82. The van der Waals surface area contributed by atoms with Gasteiger partial charge in [-0.1, -0.05) is 43.3 Å². The van der Waals surface area contributed by atoms with E-state index in [9.17, 15) is 14.4 Å². The maximum Gasteiger partial charge on any atom is 0.343 e. The summed E-state index contributed by atoms with van der Waals surface area (Å²) in [5.41, 5.74) is 0.132. The summed E-state index contributed by atoms with van der Waals surface area (Å²) in [6, 6.07) is 8.51. The Balaban J connectivity index is 1.90. The number of benzene rings is 1. The first-order valence-corrected chi connectivity index (χ1v) is 8.27. The first-order valence-electron chi connectivity index (χ1n) is 7.29. The number of aromatic amines is 1. The molecular formula is C15H18N4O3S. The Morgan fingerprint density at radius 3 is 2.74 bits per heavy atom. The molecule has 2 N–H and O–H groups in total. The van der Waals surface area contributed by atoms with E-state index in [1.807, 2.05) is 6.92 Å². The third-order valence-electron chi connectivity index (χ3n) is 3.08. The summed E-state index contributed by atoms with van der Waals surface area (Å²) in [5.74, 6) is -0.863. The first-order chi connectivity index (χ1) is 11.1. The molecule has 0 saturated carbocycles. The zero-order valence-corrected chi connectivity index (χ0v) is 13.6. The van der Waals surface area contributed by atoms with Crippen LogP contribution < -0.4 is 11.0 Å². The minimum Gasteiger partial charge on any atom is -0.292 e. The summed E-state index contributed by atoms with van der Waals surface area (Å²) in [7, 11) is 0. The van der Waals surface area contributed by atoms with E-state index in [1.54, 1.807) is 30.3 Å². The fourth-order valence-corrected chi connectivity index (χ4v) is 2.65. The third-order valence-corrected chi connectivity index (χ3v) is 4.06. The van der Waals surface area contributed by atoms with Gasteiger partial charge in [0.1, 0.15) is 0 Å². The van der Waals surface area contributed by atoms with Gasteiger partial charge in [0.2, 0.25) is 5.91 Å². The molecule has 122 valence electrons. The van der Waals surface area contributed by atoms with Crippen LogP contribution in [0, 0.1) is 0 Å². The number of hydrogen-bond donors (Lipinski definition) is 2. The Kier molecular flexibility index (Phi) is 6.16. The van der Waals surface area contributed by atoms with Gasteiger partial charge in [0.25, 0.3) is 5.91 Å². The molecule has 0 bridgehead atoms. The molecule has 0 fully saturated rings. The maximum atomic E-state index is 11.9. The summed E-state index contributed by atoms with van der Waals surface area (Å²) in [6.07, 6.45) is 1.81. The summed E-state index contributed by atoms with van der Waals surface area (Å²) in [5, 5.41) is 9.04. The number of nitrogens with one attached hydrogen (secondary N) is 2. The minimum atomic E-state index is -0.443. The lowest BCUT2D eigenvalue weighted by Crippen LogP contribution is -2.31. The van der Waals surface area contributed by atoms with Crippen molar-refractivity contribution in [3.8, 4) is 0 Å². The number of aromatic nitrogens is 3. The van der Waals surface area contributed by atoms with Crippen LogP contribution in [-0.4, -0.2) is 32.3 Å². The van der Waals surface area contributed by atoms with Gasteiger partial charge in [-0.3, -0.25) is 19.5 Å². The molecule has 0 aliphatic heterocycles. The van der Waals surface area contributed by atoms with E-state index < -0.39 is 11.8 Å². The number of carbonyl (C=O) groups excluding carboxylic acids is 2. The number of H-pyrrole nitrogens is 1. The SMILES string of the molecule is CCCCn1c(SCC(=O)NC(=O)c2ccccc2)n[nH]c1=O. The first kappa shape index (κ1) is 17.0. The molecule has 2 amide bonds. The van der Waals surface area contributed by atoms with E-state index in [0.717, 1.165) is 24.6 Å². The average Bonchev–Trinajstić information content (AvgIpc) is 2.91. The second-order valence-electron chi connectivity index (χ2n) is 4.85. The molecule has 23 heavy (non-hydrogen) atoms. The fourth-order valence-electron chi connectivity index (χ4n) is 1.88. The molecule has 1 aromatic carbocycles. The van der Waals surface area contributed by atoms with Crippen LogP contribution in [0.2, 0.25) is 0 Å². The lowest BCUT2D eigenvalue weighted by Gasteiger charge is -2.05. The van der Waals surface area contributed by atoms with Crippen LogP contribution in [0.1, 0.15) is 30.1 Å². The number of thioether (sulfide) groups is 1. The second kappa shape index (κ2) is 8.33. The second-order valence-corrected chi connectivity index (χ2v) is 5.79. The van der Waals surface area contributed by atoms with Crippen molar-refractivity contribution in [2.45, 2.75) is 31.5 Å². The summed E-state index contributed by atoms with van der Waals surface area (Å²) < 4.78 is 1.50. The molecular weight excluding hydrogens is 316 g/mol. The number of hydrogen-bond acceptors (Lipinski definition) is 5. The molecule has 1 aromatic heterocycles. The molecule has 0 aliphatic rings. The Bertz CT molecular complexity index is 724. The van der Waals surface area contributed by atoms with Crippen LogP contribution in [0.5, 0.6) is 0 Å². The summed E-state index contributed by atoms with van der Waals surface area (Å²) in [4.78, 5) is 35.3. The fraction of sp³-hybridized carbons (Fsp3) is 0.333. The summed E-state index contributed by atoms with van der Waals surface area (Å²) >= 11 is 1.12. The number of unbranched alkanes of at least 4 members (excludes halogenated alkanes) is 1. The number of nitrogens with zero attached hydrogens (tertiary/aromatic N) is 2. The van der Waals surface area contributed by atoms with Gasteiger partial charge in [-0.05, 0) is 18.6 Å². The van der Waals surface area contributed by atoms with Gasteiger partial charge in [-0.25, -0.2) is 9.89 Å². The topological polar surface area (TPSA) is 96.8 Å². The highest BCUT2D eigenvalue weighted by molar-refractivity contribution is 7.99. The van der Waals surface area contributed by atoms with E-state index in [1.165, 1.54) is 4.57 Å². The van der Waals surface area contributed by atoms with Gasteiger partial charge in [0.15, 0.2) is 5.16 Å². The summed E-state index contributed by atoms with van der Waals surface area (Å²) in [6.45, 7) is 2.58. The van der Waals surface area contributed by atoms with Crippen LogP contribution >= 0.6 is 11.8 Å². The van der Waals surface area contributed by atoms with Crippen LogP contribution in [0.3, 0.4) is 0 Å². The molecule has 1 heterocycles. The zero-order chi connectivity index (χ0) is 16.7. The van der Waals surface area contributed by atoms with E-state index in [0.29, 0.717) is 17.3 Å². The van der Waals surface area contributed by atoms with E-state index in [4.69, 9.17) is 0 Å². The lowest BCUT2D eigenvalue weighted by atomic mass is 10.2. The lowest BCUT2D eigenvalue weighted by molar-refractivity contribution is -0.117. The number of imide groups is 1. The van der Waals surface area contributed by atoms with E-state index in [2.05, 4.69) is 15.5 Å². The Morgan fingerprint density at radius 2 is 2.04 bits per heavy atom. The molecule has 2 rings (SSSR count). The van der Waals surface area contributed by atoms with Crippen LogP contribution in [-0.2, 0) is 11.3 Å². The van der Waals surface area contributed by atoms with Gasteiger partial charge in [0.05, 0.1) is 5.75 Å². The van der Waals surface area contributed by atoms with Gasteiger partial charge < -0.3 is 0 Å². The predicted octanol–water partition coefficient (Wildman–Crippen LogP) is 1.42. The molecule has 8 heteroatoms. The normalized spacial score (nSPS) is 10.5. The zero-order valence-electron chi connectivity index (χ0n) is 12.7. The molecule has 0 saturated heterocycles. The van der Waals surface area contributed by atoms with Crippen molar-refractivity contribution in [2.24, 2.45) is 0 Å². The van der Waals surface area contributed by atoms with Crippen molar-refractivity contribution < 1.29 is 9.59 Å². The number of amides is 2. The maximum absolute atomic E-state index is 11.9. The van der Waals surface area contributed by atoms with E-state index >= 15 is 0 Å². The van der Waals surface area contributed by atoms with Crippen molar-refractivity contribution in [2.75, 3.05) is 5.75 Å². The largest absolute Gasteiger partial charge is 0.343 e. The highest BCUT2D eigenvalue weighted by Crippen LogP contribution is 2.13. The van der Waals surface area contributed by atoms with Gasteiger partial charge >= 0.3 is 5.69 Å². The number of carbonyl (C=O) groups is 2. The number of rotatable bonds is 7. The van der Waals surface area contributed by atoms with E-state index in [-0.39, 0.29) is 11.4 Å². The Morgan fingerprint density at radius 1 is 1.30 bits per heavy atom.